The highest BCUT2D eigenvalue weighted by molar-refractivity contribution is 7.81. The fourth-order valence-electron chi connectivity index (χ4n) is 4.07. The van der Waals surface area contributed by atoms with Crippen LogP contribution in [0.3, 0.4) is 0 Å². The number of imidazole rings is 1. The quantitative estimate of drug-likeness (QED) is 0.308. The number of rotatable bonds is 11. The molecule has 0 aliphatic carbocycles. The number of hydrogen-bond donors (Lipinski definition) is 2. The summed E-state index contributed by atoms with van der Waals surface area (Å²) >= 11 is 3.32. The minimum atomic E-state index is -2.95. The molecule has 1 atom stereocenters. The molecule has 216 valence electrons. The molecule has 0 fully saturated rings. The summed E-state index contributed by atoms with van der Waals surface area (Å²) in [4.78, 5) is 29.3. The number of alkyl carbamates (subject to hydrolysis) is 1. The Hall–Kier alpha value is -3.25. The van der Waals surface area contributed by atoms with Crippen LogP contribution in [0.2, 0.25) is 5.15 Å². The Labute approximate surface area is 241 Å². The maximum absolute atomic E-state index is 12.9. The Bertz CT molecular complexity index is 1350. The molecule has 3 aromatic rings. The zero-order valence-electron chi connectivity index (χ0n) is 23.0. The van der Waals surface area contributed by atoms with E-state index in [1.807, 2.05) is 28.8 Å². The van der Waals surface area contributed by atoms with Gasteiger partial charge in [0, 0.05) is 18.5 Å². The third-order valence-electron chi connectivity index (χ3n) is 5.89. The van der Waals surface area contributed by atoms with Gasteiger partial charge < -0.3 is 24.3 Å². The number of benzene rings is 2. The Morgan fingerprint density at radius 2 is 1.85 bits per heavy atom. The monoisotopic (exact) mass is 589 g/mol. The number of carbonyl (C=O) groups excluding carboxylic acids is 2. The van der Waals surface area contributed by atoms with Crippen LogP contribution in [0.25, 0.3) is 11.1 Å². The van der Waals surface area contributed by atoms with Gasteiger partial charge in [-0.15, -0.1) is 0 Å². The Kier molecular flexibility index (Phi) is 10.9. The first kappa shape index (κ1) is 31.3. The van der Waals surface area contributed by atoms with E-state index in [1.54, 1.807) is 39.0 Å². The number of anilines is 1. The number of aliphatic hydroxyl groups excluding tert-OH is 1. The predicted molar refractivity (Wildman–Crippen MR) is 153 cm³/mol. The molecule has 3 rings (SSSR count). The summed E-state index contributed by atoms with van der Waals surface area (Å²) in [7, 11) is 0. The van der Waals surface area contributed by atoms with E-state index in [0.717, 1.165) is 30.7 Å². The van der Waals surface area contributed by atoms with Crippen LogP contribution in [0, 0.1) is 0 Å². The number of nitrogens with one attached hydrogen (secondary N) is 1. The van der Waals surface area contributed by atoms with Gasteiger partial charge in [-0.3, -0.25) is 9.00 Å². The van der Waals surface area contributed by atoms with Gasteiger partial charge in [-0.2, -0.15) is 0 Å². The molecule has 0 radical (unpaired) electrons. The number of para-hydroxylation sites is 1. The number of hydrogen-bond acceptors (Lipinski definition) is 7. The van der Waals surface area contributed by atoms with Crippen LogP contribution in [0.4, 0.5) is 10.5 Å². The van der Waals surface area contributed by atoms with Crippen molar-refractivity contribution in [3.05, 3.63) is 70.8 Å². The summed E-state index contributed by atoms with van der Waals surface area (Å²) in [5, 5.41) is 12.4. The van der Waals surface area contributed by atoms with E-state index < -0.39 is 35.4 Å². The summed E-state index contributed by atoms with van der Waals surface area (Å²) in [6.45, 7) is 6.76. The highest BCUT2D eigenvalue weighted by Crippen LogP contribution is 2.32. The van der Waals surface area contributed by atoms with Crippen molar-refractivity contribution in [1.29, 1.82) is 0 Å². The number of aromatic nitrogens is 2. The first-order chi connectivity index (χ1) is 18.9. The van der Waals surface area contributed by atoms with Crippen molar-refractivity contribution in [2.45, 2.75) is 65.7 Å². The number of aliphatic hydroxyl groups is 1. The zero-order valence-corrected chi connectivity index (χ0v) is 24.6. The summed E-state index contributed by atoms with van der Waals surface area (Å²) < 4.78 is 31.9. The molecule has 0 bridgehead atoms. The third-order valence-corrected chi connectivity index (χ3v) is 6.89. The molecule has 0 spiro atoms. The van der Waals surface area contributed by atoms with E-state index in [-0.39, 0.29) is 17.4 Å². The largest absolute Gasteiger partial charge is 0.755 e. The lowest BCUT2D eigenvalue weighted by Gasteiger charge is -2.27. The van der Waals surface area contributed by atoms with Gasteiger partial charge >= 0.3 is 6.09 Å². The lowest BCUT2D eigenvalue weighted by atomic mass is 10.0. The predicted octanol–water partition coefficient (Wildman–Crippen LogP) is 4.74. The van der Waals surface area contributed by atoms with E-state index in [2.05, 4.69) is 17.2 Å². The summed E-state index contributed by atoms with van der Waals surface area (Å²) in [6.07, 6.45) is 1.85. The fraction of sp³-hybridized carbons (Fsp3) is 0.393. The SMILES string of the molecule is CCCCc1nc(Cl)c(CO)n1Cc1ccc(-c2ccccc2N(C(=O)CNC(=O)OC(C)(C)C)S(=O)[O-])cc1. The first-order valence-electron chi connectivity index (χ1n) is 12.9. The van der Waals surface area contributed by atoms with Gasteiger partial charge in [-0.05, 0) is 44.4 Å². The van der Waals surface area contributed by atoms with Crippen LogP contribution in [0.1, 0.15) is 57.6 Å². The Balaban J connectivity index is 1.85. The highest BCUT2D eigenvalue weighted by atomic mass is 35.5. The number of amides is 2. The van der Waals surface area contributed by atoms with Crippen molar-refractivity contribution in [1.82, 2.24) is 14.9 Å². The normalized spacial score (nSPS) is 12.2. The second kappa shape index (κ2) is 13.9. The summed E-state index contributed by atoms with van der Waals surface area (Å²) in [5.74, 6) is -0.0474. The van der Waals surface area contributed by atoms with Crippen LogP contribution < -0.4 is 9.62 Å². The summed E-state index contributed by atoms with van der Waals surface area (Å²) in [5.41, 5.74) is 2.03. The van der Waals surface area contributed by atoms with Crippen LogP contribution in [0.5, 0.6) is 0 Å². The Morgan fingerprint density at radius 3 is 2.45 bits per heavy atom. The van der Waals surface area contributed by atoms with E-state index in [1.165, 1.54) is 6.07 Å². The molecular weight excluding hydrogens is 556 g/mol. The second-order valence-corrected chi connectivity index (χ2v) is 11.2. The topological polar surface area (TPSA) is 137 Å². The van der Waals surface area contributed by atoms with E-state index in [4.69, 9.17) is 16.3 Å². The minimum Gasteiger partial charge on any atom is -0.755 e. The van der Waals surface area contributed by atoms with Gasteiger partial charge in [0.25, 0.3) is 5.91 Å². The molecule has 1 aromatic heterocycles. The van der Waals surface area contributed by atoms with Gasteiger partial charge in [0.2, 0.25) is 0 Å². The van der Waals surface area contributed by atoms with Gasteiger partial charge in [0.15, 0.2) is 5.15 Å². The average Bonchev–Trinajstić information content (AvgIpc) is 3.19. The molecule has 0 aliphatic heterocycles. The molecule has 1 unspecified atom stereocenters. The molecule has 0 saturated carbocycles. The first-order valence-corrected chi connectivity index (χ1v) is 14.3. The minimum absolute atomic E-state index is 0.144. The fourth-order valence-corrected chi connectivity index (χ4v) is 4.88. The molecule has 2 aromatic carbocycles. The number of nitrogens with zero attached hydrogens (tertiary/aromatic N) is 3. The maximum atomic E-state index is 12.9. The number of aryl methyl sites for hydroxylation is 1. The highest BCUT2D eigenvalue weighted by Gasteiger charge is 2.23. The van der Waals surface area contributed by atoms with E-state index in [0.29, 0.717) is 27.7 Å². The molecule has 10 nitrogen and oxygen atoms in total. The second-order valence-electron chi connectivity index (χ2n) is 10.1. The van der Waals surface area contributed by atoms with Gasteiger partial charge in [0.05, 0.1) is 29.3 Å². The lowest BCUT2D eigenvalue weighted by Crippen LogP contribution is -2.43. The van der Waals surface area contributed by atoms with Crippen molar-refractivity contribution in [2.24, 2.45) is 0 Å². The molecule has 40 heavy (non-hydrogen) atoms. The Morgan fingerprint density at radius 1 is 1.18 bits per heavy atom. The number of unbranched alkanes of at least 4 members (excludes halogenated alkanes) is 1. The molecule has 0 aliphatic rings. The van der Waals surface area contributed by atoms with Gasteiger partial charge in [0.1, 0.15) is 18.0 Å². The molecule has 12 heteroatoms. The lowest BCUT2D eigenvalue weighted by molar-refractivity contribution is -0.116. The van der Waals surface area contributed by atoms with Crippen molar-refractivity contribution in [3.8, 4) is 11.1 Å². The van der Waals surface area contributed by atoms with Gasteiger partial charge in [-0.25, -0.2) is 14.1 Å². The van der Waals surface area contributed by atoms with Gasteiger partial charge in [-0.1, -0.05) is 67.4 Å². The van der Waals surface area contributed by atoms with Crippen LogP contribution in [-0.2, 0) is 40.4 Å². The van der Waals surface area contributed by atoms with Crippen LogP contribution in [-0.4, -0.2) is 47.6 Å². The third kappa shape index (κ3) is 8.14. The molecule has 0 saturated heterocycles. The number of halogens is 1. The maximum Gasteiger partial charge on any atom is 0.408 e. The average molecular weight is 590 g/mol. The van der Waals surface area contributed by atoms with E-state index >= 15 is 0 Å². The zero-order chi connectivity index (χ0) is 29.4. The standard InChI is InChI=1S/C28H35ClN4O6S/c1-5-6-11-24-31-26(29)23(18-34)32(24)17-19-12-14-20(15-13-19)21-9-7-8-10-22(21)33(40(37)38)25(35)16-30-27(36)39-28(2,3)4/h7-10,12-15,34H,5-6,11,16-18H2,1-4H3,(H,30,36)(H,37,38)/p-1. The molecule has 2 amide bonds. The van der Waals surface area contributed by atoms with Crippen molar-refractivity contribution < 1.29 is 28.2 Å². The molecule has 1 heterocycles. The van der Waals surface area contributed by atoms with Crippen molar-refractivity contribution in [2.75, 3.05) is 10.8 Å². The summed E-state index contributed by atoms with van der Waals surface area (Å²) in [6, 6.07) is 14.0. The van der Waals surface area contributed by atoms with Crippen LogP contribution in [0.15, 0.2) is 48.5 Å². The van der Waals surface area contributed by atoms with Crippen molar-refractivity contribution in [3.63, 3.8) is 0 Å². The van der Waals surface area contributed by atoms with Crippen LogP contribution >= 0.6 is 11.6 Å². The molecular formula is C28H34ClN4O6S-. The molecule has 2 N–H and O–H groups in total. The van der Waals surface area contributed by atoms with E-state index in [9.17, 15) is 23.5 Å². The smallest absolute Gasteiger partial charge is 0.408 e. The number of ether oxygens (including phenoxy) is 1. The van der Waals surface area contributed by atoms with Crippen molar-refractivity contribution >= 4 is 40.6 Å². The number of carbonyl (C=O) groups is 2.